The number of ketones is 1. The van der Waals surface area contributed by atoms with Gasteiger partial charge in [-0.15, -0.1) is 58.6 Å². The molecule has 0 bridgehead atoms. The molecule has 0 unspecified atom stereocenters. The zero-order chi connectivity index (χ0) is 66.8. The molecule has 1 radical (unpaired) electrons. The Bertz CT molecular complexity index is 4530. The second kappa shape index (κ2) is 26.9. The standard InChI is InChI=1S/C34H34NS.C33H32NS.C17H32O2.Ir/c1-20-8-10-25-22(14-20)16-27-31-30-26(12-13-35-31)24-11-9-21(18-33(2,3)4)15-23(24)17-29(30)36-32(27)28(25)19-34(5,6)7;1-32(2,3)18-20-11-12-24-22(15-20)17-28-29-25(24)13-14-34-30(29)26-16-21-9-7-8-10-23(21)27(31(26)35-28)19-33(4,5)6;1-7-16(8-2,9-3)14(18)13-15(19)17(10-4,11-5)12-6;/h8-15,17H,18-19H2,1-7H3;7-15,17H,18-19H2,1-6H3;13,18H,7-12H2,1-6H3;/q2*-1;;/b;;14-13-;/i13D;14D;;. The van der Waals surface area contributed by atoms with E-state index in [0.717, 1.165) is 119 Å². The van der Waals surface area contributed by atoms with Crippen molar-refractivity contribution in [2.75, 3.05) is 0 Å². The van der Waals surface area contributed by atoms with Gasteiger partial charge < -0.3 is 5.11 Å². The van der Waals surface area contributed by atoms with E-state index in [1.54, 1.807) is 0 Å². The van der Waals surface area contributed by atoms with E-state index in [9.17, 15) is 9.90 Å². The van der Waals surface area contributed by atoms with Crippen LogP contribution in [0.4, 0.5) is 0 Å². The predicted octanol–water partition coefficient (Wildman–Crippen LogP) is 25.0. The molecule has 0 saturated heterocycles. The summed E-state index contributed by atoms with van der Waals surface area (Å²) in [4.78, 5) is 27.2. The number of hydrogen-bond acceptors (Lipinski definition) is 6. The molecule has 1 N–H and O–H groups in total. The molecule has 91 heavy (non-hydrogen) atoms. The number of nitrogens with zero attached hydrogens (tertiary/aromatic N) is 2. The van der Waals surface area contributed by atoms with Crippen molar-refractivity contribution in [1.29, 1.82) is 0 Å². The normalized spacial score (nSPS) is 13.7. The number of benzene rings is 8. The Kier molecular flexibility index (Phi) is 19.7. The zero-order valence-electron chi connectivity index (χ0n) is 59.9. The fourth-order valence-electron chi connectivity index (χ4n) is 14.1. The van der Waals surface area contributed by atoms with Gasteiger partial charge in [-0.25, -0.2) is 0 Å². The van der Waals surface area contributed by atoms with Gasteiger partial charge in [-0.2, -0.15) is 0 Å². The number of allylic oxidation sites excluding steroid dienone is 2. The Labute approximate surface area is 570 Å². The SMILES string of the molecule is CCC(CC)(CC)C(=O)/C=C(\O)C(CC)(CC)CC.[2H]c1cc2c3c(cc4cc(CC(C)(C)C)ccc42)Sc2c([c-]c4cc(C)ccc4c2CC(C)(C)C)-c3n1.[2H]c1cc2c3c(cc4cc(CC(C)(C)C)ccc42)Sc2c([c-]c4ccccc4c2CC(C)(C)C)-c3n1.[Ir]. The van der Waals surface area contributed by atoms with Gasteiger partial charge >= 0.3 is 0 Å². The van der Waals surface area contributed by atoms with E-state index >= 15 is 0 Å². The van der Waals surface area contributed by atoms with Gasteiger partial charge in [0.05, 0.1) is 2.74 Å². The third kappa shape index (κ3) is 14.5. The second-order valence-corrected chi connectivity index (χ2v) is 32.9. The van der Waals surface area contributed by atoms with Crippen molar-refractivity contribution in [2.24, 2.45) is 32.5 Å². The minimum absolute atomic E-state index is 0. The first kappa shape index (κ1) is 66.6. The molecule has 0 amide bonds. The number of aryl methyl sites for hydroxylation is 1. The quantitative estimate of drug-likeness (QED) is 0.0537. The van der Waals surface area contributed by atoms with E-state index in [4.69, 9.17) is 12.7 Å². The average Bonchev–Trinajstić information content (AvgIpc) is 0.727. The van der Waals surface area contributed by atoms with Crippen LogP contribution in [-0.2, 0) is 50.6 Å². The number of carbonyl (C=O) groups is 1. The molecule has 8 aromatic carbocycles. The van der Waals surface area contributed by atoms with Crippen LogP contribution in [0.5, 0.6) is 0 Å². The maximum Gasteiger partial charge on any atom is 0.165 e. The average molecular weight is 1430 g/mol. The molecule has 479 valence electrons. The van der Waals surface area contributed by atoms with Gasteiger partial charge in [0.1, 0.15) is 5.76 Å². The van der Waals surface area contributed by atoms with Crippen molar-refractivity contribution < 1.29 is 32.7 Å². The van der Waals surface area contributed by atoms with Crippen LogP contribution >= 0.6 is 23.5 Å². The van der Waals surface area contributed by atoms with Crippen molar-refractivity contribution in [2.45, 2.75) is 215 Å². The maximum absolute atomic E-state index is 12.5. The molecular formula is C84H98IrN2O2S2-2. The van der Waals surface area contributed by atoms with E-state index in [1.807, 2.05) is 35.7 Å². The molecule has 2 aliphatic rings. The summed E-state index contributed by atoms with van der Waals surface area (Å²) in [6.45, 7) is 42.1. The van der Waals surface area contributed by atoms with Crippen LogP contribution in [0.2, 0.25) is 0 Å². The van der Waals surface area contributed by atoms with E-state index in [0.29, 0.717) is 12.3 Å². The van der Waals surface area contributed by atoms with E-state index < -0.39 is 0 Å². The Balaban J connectivity index is 0.000000173. The molecule has 12 rings (SSSR count). The van der Waals surface area contributed by atoms with Gasteiger partial charge in [-0.1, -0.05) is 230 Å². The van der Waals surface area contributed by atoms with Crippen molar-refractivity contribution >= 4 is 93.9 Å². The molecule has 2 aliphatic heterocycles. The summed E-state index contributed by atoms with van der Waals surface area (Å²) in [6, 6.07) is 45.1. The van der Waals surface area contributed by atoms with Crippen LogP contribution in [0.25, 0.3) is 87.1 Å². The van der Waals surface area contributed by atoms with Gasteiger partial charge in [0.15, 0.2) is 5.78 Å². The first-order valence-electron chi connectivity index (χ1n) is 34.3. The van der Waals surface area contributed by atoms with Crippen molar-refractivity contribution in [3.63, 3.8) is 0 Å². The number of fused-ring (bicyclic) bond motifs is 10. The Morgan fingerprint density at radius 3 is 1.33 bits per heavy atom. The fourth-order valence-corrected chi connectivity index (χ4v) is 16.6. The number of aromatic nitrogens is 2. The van der Waals surface area contributed by atoms with Crippen LogP contribution < -0.4 is 0 Å². The monoisotopic (exact) mass is 1430 g/mol. The number of hydrogen-bond donors (Lipinski definition) is 1. The van der Waals surface area contributed by atoms with Crippen LogP contribution in [0.1, 0.15) is 194 Å². The zero-order valence-corrected chi connectivity index (χ0v) is 61.9. The molecule has 0 aliphatic carbocycles. The Morgan fingerprint density at radius 2 is 0.901 bits per heavy atom. The van der Waals surface area contributed by atoms with Crippen molar-refractivity contribution in [3.8, 4) is 22.5 Å². The number of aliphatic hydroxyl groups excluding tert-OH is 1. The van der Waals surface area contributed by atoms with Crippen molar-refractivity contribution in [1.82, 2.24) is 9.97 Å². The molecule has 0 atom stereocenters. The van der Waals surface area contributed by atoms with Gasteiger partial charge in [-0.3, -0.25) is 14.8 Å². The third-order valence-corrected chi connectivity index (χ3v) is 21.5. The summed E-state index contributed by atoms with van der Waals surface area (Å²) in [6.07, 6.45) is 11.3. The van der Waals surface area contributed by atoms with Crippen LogP contribution in [0.3, 0.4) is 0 Å². The molecule has 4 heterocycles. The van der Waals surface area contributed by atoms with Crippen LogP contribution in [0, 0.1) is 51.5 Å². The summed E-state index contributed by atoms with van der Waals surface area (Å²) in [5.41, 5.74) is 10.8. The van der Waals surface area contributed by atoms with Crippen molar-refractivity contribution in [3.05, 3.63) is 167 Å². The topological polar surface area (TPSA) is 63.1 Å². The van der Waals surface area contributed by atoms with E-state index in [1.165, 1.54) is 85.8 Å². The summed E-state index contributed by atoms with van der Waals surface area (Å²) < 4.78 is 17.3. The molecule has 0 fully saturated rings. The van der Waals surface area contributed by atoms with Crippen LogP contribution in [-0.4, -0.2) is 20.9 Å². The van der Waals surface area contributed by atoms with Gasteiger partial charge in [0, 0.05) is 70.5 Å². The number of aliphatic hydroxyl groups is 1. The predicted molar refractivity (Wildman–Crippen MR) is 390 cm³/mol. The van der Waals surface area contributed by atoms with E-state index in [-0.39, 0.29) is 64.1 Å². The smallest absolute Gasteiger partial charge is 0.165 e. The number of rotatable bonds is 13. The summed E-state index contributed by atoms with van der Waals surface area (Å²) in [5.74, 6) is 0.377. The number of carbonyl (C=O) groups excluding carboxylic acids is 1. The molecule has 4 nitrogen and oxygen atoms in total. The Hall–Kier alpha value is -5.82. The summed E-state index contributed by atoms with van der Waals surface area (Å²) in [7, 11) is 0. The van der Waals surface area contributed by atoms with E-state index in [2.05, 4.69) is 235 Å². The summed E-state index contributed by atoms with van der Waals surface area (Å²) in [5, 5.41) is 24.7. The minimum Gasteiger partial charge on any atom is -0.512 e. The molecule has 0 saturated carbocycles. The minimum atomic E-state index is -0.297. The van der Waals surface area contributed by atoms with Gasteiger partial charge in [0.2, 0.25) is 0 Å². The third-order valence-electron chi connectivity index (χ3n) is 19.1. The fraction of sp³-hybridized carbons (Fsp3) is 0.417. The molecule has 2 aromatic heterocycles. The largest absolute Gasteiger partial charge is 0.512 e. The first-order valence-corrected chi connectivity index (χ1v) is 34.9. The van der Waals surface area contributed by atoms with Gasteiger partial charge in [-0.05, 0) is 181 Å². The molecular weight excluding hydrogens is 1330 g/mol. The molecule has 7 heteroatoms. The maximum atomic E-state index is 12.5. The Morgan fingerprint density at radius 1 is 0.495 bits per heavy atom. The van der Waals surface area contributed by atoms with Crippen LogP contribution in [0.15, 0.2) is 147 Å². The summed E-state index contributed by atoms with van der Waals surface area (Å²) >= 11 is 3.73. The first-order chi connectivity index (χ1) is 43.2. The number of pyridine rings is 2. The second-order valence-electron chi connectivity index (χ2n) is 30.8. The van der Waals surface area contributed by atoms with Gasteiger partial charge in [0.25, 0.3) is 0 Å². The molecule has 0 spiro atoms. The molecule has 10 aromatic rings.